The Morgan fingerprint density at radius 2 is 2.10 bits per heavy atom. The number of anilines is 2. The van der Waals surface area contributed by atoms with E-state index in [1.54, 1.807) is 24.3 Å². The maximum Gasteiger partial charge on any atom is 0.325 e. The number of nitriles is 1. The van der Waals surface area contributed by atoms with Crippen LogP contribution in [0, 0.1) is 23.2 Å². The number of benzene rings is 1. The van der Waals surface area contributed by atoms with Crippen LogP contribution in [0.25, 0.3) is 0 Å². The van der Waals surface area contributed by atoms with Gasteiger partial charge in [0, 0.05) is 5.69 Å². The van der Waals surface area contributed by atoms with E-state index < -0.39 is 6.03 Å². The van der Waals surface area contributed by atoms with Crippen molar-refractivity contribution in [3.05, 3.63) is 40.9 Å². The zero-order valence-corrected chi connectivity index (χ0v) is 11.6. The number of thiazole rings is 1. The maximum atomic E-state index is 11.8. The van der Waals surface area contributed by atoms with Gasteiger partial charge in [-0.3, -0.25) is 5.32 Å². The molecular weight excluding hydrogens is 288 g/mol. The Kier molecular flexibility index (Phi) is 4.89. The Morgan fingerprint density at radius 3 is 2.76 bits per heavy atom. The molecule has 0 aliphatic rings. The zero-order chi connectivity index (χ0) is 15.1. The van der Waals surface area contributed by atoms with E-state index in [4.69, 9.17) is 10.4 Å². The van der Waals surface area contributed by atoms with E-state index in [1.807, 2.05) is 6.07 Å². The lowest BCUT2D eigenvalue weighted by Gasteiger charge is -2.04. The fourth-order valence-electron chi connectivity index (χ4n) is 1.40. The molecule has 0 spiro atoms. The highest BCUT2D eigenvalue weighted by molar-refractivity contribution is 7.16. The number of amides is 2. The molecule has 0 fully saturated rings. The van der Waals surface area contributed by atoms with Gasteiger partial charge in [0.1, 0.15) is 6.61 Å². The maximum absolute atomic E-state index is 11.8. The Hall–Kier alpha value is -2.87. The van der Waals surface area contributed by atoms with Crippen LogP contribution in [0.5, 0.6) is 0 Å². The minimum absolute atomic E-state index is 0.222. The molecule has 6 nitrogen and oxygen atoms in total. The van der Waals surface area contributed by atoms with Gasteiger partial charge >= 0.3 is 6.03 Å². The van der Waals surface area contributed by atoms with Crippen LogP contribution >= 0.6 is 11.3 Å². The molecule has 21 heavy (non-hydrogen) atoms. The number of hydrogen-bond donors (Lipinski definition) is 3. The molecule has 0 saturated heterocycles. The second-order valence-corrected chi connectivity index (χ2v) is 4.79. The molecule has 1 aromatic heterocycles. The third-order valence-corrected chi connectivity index (χ3v) is 3.12. The molecule has 0 atom stereocenters. The van der Waals surface area contributed by atoms with Crippen LogP contribution in [0.2, 0.25) is 0 Å². The molecule has 0 aliphatic carbocycles. The summed E-state index contributed by atoms with van der Waals surface area (Å²) in [5.41, 5.74) is 1.09. The molecule has 2 aromatic rings. The summed E-state index contributed by atoms with van der Waals surface area (Å²) in [6, 6.07) is 8.06. The highest BCUT2D eigenvalue weighted by Crippen LogP contribution is 2.17. The number of nitrogens with zero attached hydrogens (tertiary/aromatic N) is 2. The first-order chi connectivity index (χ1) is 10.2. The Balaban J connectivity index is 1.95. The highest BCUT2D eigenvalue weighted by Gasteiger charge is 2.06. The quantitative estimate of drug-likeness (QED) is 0.739. The number of aliphatic hydroxyl groups is 1. The van der Waals surface area contributed by atoms with E-state index >= 15 is 0 Å². The topological polar surface area (TPSA) is 98.0 Å². The summed E-state index contributed by atoms with van der Waals surface area (Å²) < 4.78 is 0. The van der Waals surface area contributed by atoms with Crippen molar-refractivity contribution in [3.63, 3.8) is 0 Å². The van der Waals surface area contributed by atoms with Gasteiger partial charge in [0.05, 0.1) is 22.7 Å². The van der Waals surface area contributed by atoms with Crippen molar-refractivity contribution in [3.8, 4) is 17.9 Å². The normalized spacial score (nSPS) is 9.14. The number of aromatic nitrogens is 1. The molecule has 2 rings (SSSR count). The van der Waals surface area contributed by atoms with Gasteiger partial charge in [-0.05, 0) is 24.3 Å². The van der Waals surface area contributed by atoms with Crippen LogP contribution in [0.1, 0.15) is 10.4 Å². The third-order valence-electron chi connectivity index (χ3n) is 2.29. The predicted molar refractivity (Wildman–Crippen MR) is 79.9 cm³/mol. The van der Waals surface area contributed by atoms with Gasteiger partial charge in [0.15, 0.2) is 5.13 Å². The second-order valence-electron chi connectivity index (χ2n) is 3.76. The Morgan fingerprint density at radius 1 is 1.33 bits per heavy atom. The van der Waals surface area contributed by atoms with Crippen molar-refractivity contribution in [1.82, 2.24) is 4.98 Å². The van der Waals surface area contributed by atoms with Crippen LogP contribution in [0.3, 0.4) is 0 Å². The largest absolute Gasteiger partial charge is 0.384 e. The first-order valence-electron chi connectivity index (χ1n) is 5.85. The van der Waals surface area contributed by atoms with Gasteiger partial charge in [0.2, 0.25) is 0 Å². The molecule has 0 saturated carbocycles. The fraction of sp³-hybridized carbons (Fsp3) is 0.0714. The molecule has 1 heterocycles. The lowest BCUT2D eigenvalue weighted by Crippen LogP contribution is -2.19. The van der Waals surface area contributed by atoms with Crippen LogP contribution < -0.4 is 10.6 Å². The van der Waals surface area contributed by atoms with E-state index in [0.717, 1.165) is 0 Å². The van der Waals surface area contributed by atoms with Crippen LogP contribution in [0.4, 0.5) is 15.6 Å². The average Bonchev–Trinajstić information content (AvgIpc) is 2.93. The van der Waals surface area contributed by atoms with Crippen molar-refractivity contribution in [2.75, 3.05) is 17.2 Å². The summed E-state index contributed by atoms with van der Waals surface area (Å²) in [7, 11) is 0. The first kappa shape index (κ1) is 14.5. The summed E-state index contributed by atoms with van der Waals surface area (Å²) in [6.07, 6.45) is 1.52. The zero-order valence-electron chi connectivity index (χ0n) is 10.8. The number of nitrogens with one attached hydrogen (secondary N) is 2. The van der Waals surface area contributed by atoms with Crippen LogP contribution in [-0.2, 0) is 0 Å². The van der Waals surface area contributed by atoms with Gasteiger partial charge in [-0.15, -0.1) is 0 Å². The van der Waals surface area contributed by atoms with E-state index in [-0.39, 0.29) is 6.61 Å². The lowest BCUT2D eigenvalue weighted by atomic mass is 10.2. The van der Waals surface area contributed by atoms with E-state index in [0.29, 0.717) is 21.3 Å². The van der Waals surface area contributed by atoms with Gasteiger partial charge in [-0.25, -0.2) is 9.78 Å². The molecule has 2 amide bonds. The third kappa shape index (κ3) is 4.32. The standard InChI is InChI=1S/C14H10N4O2S/c15-8-10-3-5-11(6-4-10)17-13(20)18-14-16-9-12(21-14)2-1-7-19/h3-6,9,19H,7H2,(H2,16,17,18,20). The summed E-state index contributed by atoms with van der Waals surface area (Å²) in [4.78, 5) is 16.4. The van der Waals surface area contributed by atoms with Gasteiger partial charge in [0.25, 0.3) is 0 Å². The lowest BCUT2D eigenvalue weighted by molar-refractivity contribution is 0.262. The summed E-state index contributed by atoms with van der Waals surface area (Å²) in [5, 5.41) is 22.9. The van der Waals surface area contributed by atoms with Crippen molar-refractivity contribution in [2.24, 2.45) is 0 Å². The van der Waals surface area contributed by atoms with E-state index in [2.05, 4.69) is 27.5 Å². The van der Waals surface area contributed by atoms with E-state index in [9.17, 15) is 4.79 Å². The fourth-order valence-corrected chi connectivity index (χ4v) is 2.09. The average molecular weight is 298 g/mol. The highest BCUT2D eigenvalue weighted by atomic mass is 32.1. The summed E-state index contributed by atoms with van der Waals surface area (Å²) in [6.45, 7) is -0.222. The molecule has 1 aromatic carbocycles. The predicted octanol–water partition coefficient (Wildman–Crippen LogP) is 2.00. The number of hydrogen-bond acceptors (Lipinski definition) is 5. The van der Waals surface area contributed by atoms with Crippen LogP contribution in [0.15, 0.2) is 30.5 Å². The monoisotopic (exact) mass is 298 g/mol. The summed E-state index contributed by atoms with van der Waals surface area (Å²) >= 11 is 1.21. The molecule has 0 unspecified atom stereocenters. The van der Waals surface area contributed by atoms with Crippen molar-refractivity contribution >= 4 is 28.2 Å². The molecule has 0 bridgehead atoms. The second kappa shape index (κ2) is 7.06. The molecule has 7 heteroatoms. The number of aliphatic hydroxyl groups excluding tert-OH is 1. The molecule has 0 aliphatic heterocycles. The summed E-state index contributed by atoms with van der Waals surface area (Å²) in [5.74, 6) is 5.21. The number of urea groups is 1. The number of rotatable bonds is 2. The van der Waals surface area contributed by atoms with Gasteiger partial charge < -0.3 is 10.4 Å². The Labute approximate surface area is 125 Å². The van der Waals surface area contributed by atoms with Crippen molar-refractivity contribution < 1.29 is 9.90 Å². The minimum atomic E-state index is -0.435. The SMILES string of the molecule is N#Cc1ccc(NC(=O)Nc2ncc(C#CCO)s2)cc1. The van der Waals surface area contributed by atoms with Crippen LogP contribution in [-0.4, -0.2) is 22.7 Å². The molecule has 3 N–H and O–H groups in total. The number of carbonyl (C=O) groups is 1. The van der Waals surface area contributed by atoms with E-state index in [1.165, 1.54) is 17.5 Å². The molecule has 0 radical (unpaired) electrons. The Bertz CT molecular complexity index is 735. The van der Waals surface area contributed by atoms with Gasteiger partial charge in [-0.2, -0.15) is 5.26 Å². The van der Waals surface area contributed by atoms with Crippen molar-refractivity contribution in [2.45, 2.75) is 0 Å². The molecule has 104 valence electrons. The molecular formula is C14H10N4O2S. The van der Waals surface area contributed by atoms with Crippen molar-refractivity contribution in [1.29, 1.82) is 5.26 Å². The number of carbonyl (C=O) groups excluding carboxylic acids is 1. The smallest absolute Gasteiger partial charge is 0.325 e. The van der Waals surface area contributed by atoms with Gasteiger partial charge in [-0.1, -0.05) is 23.2 Å². The minimum Gasteiger partial charge on any atom is -0.384 e. The first-order valence-corrected chi connectivity index (χ1v) is 6.66.